The fraction of sp³-hybridized carbons (Fsp3) is 0.0952. The normalized spacial score (nSPS) is 10.9. The number of aryl methyl sites for hydroxylation is 2. The number of aromatic amines is 1. The number of hydrogen-bond donors (Lipinski definition) is 3. The predicted octanol–water partition coefficient (Wildman–Crippen LogP) is 4.68. The SMILES string of the molecule is Cc1ccc(C)c(Nc2nc(-c3ccc(C(=O)O)cc3)nc3cc[nH]c23)c1. The summed E-state index contributed by atoms with van der Waals surface area (Å²) in [4.78, 5) is 23.5. The summed E-state index contributed by atoms with van der Waals surface area (Å²) in [5.74, 6) is 0.253. The van der Waals surface area contributed by atoms with Crippen molar-refractivity contribution >= 4 is 28.5 Å². The number of fused-ring (bicyclic) bond motifs is 1. The molecule has 4 aromatic rings. The van der Waals surface area contributed by atoms with Crippen molar-refractivity contribution in [3.05, 3.63) is 71.4 Å². The van der Waals surface area contributed by atoms with Gasteiger partial charge in [0, 0.05) is 17.4 Å². The molecule has 6 nitrogen and oxygen atoms in total. The molecule has 0 saturated carbocycles. The molecule has 0 amide bonds. The number of anilines is 2. The lowest BCUT2D eigenvalue weighted by Crippen LogP contribution is -2.01. The Labute approximate surface area is 155 Å². The highest BCUT2D eigenvalue weighted by Gasteiger charge is 2.12. The molecule has 0 radical (unpaired) electrons. The maximum absolute atomic E-state index is 11.1. The Kier molecular flexibility index (Phi) is 4.08. The van der Waals surface area contributed by atoms with Gasteiger partial charge in [0.25, 0.3) is 0 Å². The van der Waals surface area contributed by atoms with E-state index in [-0.39, 0.29) is 5.56 Å². The van der Waals surface area contributed by atoms with Crippen LogP contribution in [-0.4, -0.2) is 26.0 Å². The second-order valence-corrected chi connectivity index (χ2v) is 6.46. The molecule has 2 aromatic heterocycles. The van der Waals surface area contributed by atoms with Crippen molar-refractivity contribution in [1.29, 1.82) is 0 Å². The Morgan fingerprint density at radius 3 is 2.56 bits per heavy atom. The summed E-state index contributed by atoms with van der Waals surface area (Å²) in [7, 11) is 0. The molecule has 0 aliphatic carbocycles. The maximum atomic E-state index is 11.1. The Morgan fingerprint density at radius 2 is 1.81 bits per heavy atom. The monoisotopic (exact) mass is 358 g/mol. The lowest BCUT2D eigenvalue weighted by atomic mass is 10.1. The van der Waals surface area contributed by atoms with E-state index in [1.54, 1.807) is 24.3 Å². The highest BCUT2D eigenvalue weighted by molar-refractivity contribution is 5.90. The first-order valence-corrected chi connectivity index (χ1v) is 8.54. The Bertz CT molecular complexity index is 1150. The van der Waals surface area contributed by atoms with Gasteiger partial charge < -0.3 is 15.4 Å². The van der Waals surface area contributed by atoms with Gasteiger partial charge in [-0.25, -0.2) is 14.8 Å². The van der Waals surface area contributed by atoms with Gasteiger partial charge in [-0.3, -0.25) is 0 Å². The summed E-state index contributed by atoms with van der Waals surface area (Å²) in [5, 5.41) is 12.5. The third kappa shape index (κ3) is 3.25. The number of carbonyl (C=O) groups is 1. The molecule has 0 aliphatic heterocycles. The smallest absolute Gasteiger partial charge is 0.335 e. The summed E-state index contributed by atoms with van der Waals surface area (Å²) in [6.45, 7) is 4.09. The van der Waals surface area contributed by atoms with E-state index in [0.29, 0.717) is 11.6 Å². The van der Waals surface area contributed by atoms with Gasteiger partial charge in [-0.2, -0.15) is 0 Å². The Morgan fingerprint density at radius 1 is 1.04 bits per heavy atom. The number of aromatic nitrogens is 3. The molecule has 4 rings (SSSR count). The summed E-state index contributed by atoms with van der Waals surface area (Å²) in [6.07, 6.45) is 1.82. The molecular formula is C21H18N4O2. The van der Waals surface area contributed by atoms with Gasteiger partial charge in [0.15, 0.2) is 11.6 Å². The second-order valence-electron chi connectivity index (χ2n) is 6.46. The van der Waals surface area contributed by atoms with E-state index in [1.807, 2.05) is 26.1 Å². The van der Waals surface area contributed by atoms with Crippen LogP contribution < -0.4 is 5.32 Å². The largest absolute Gasteiger partial charge is 0.478 e. The van der Waals surface area contributed by atoms with Crippen molar-refractivity contribution in [3.8, 4) is 11.4 Å². The zero-order valence-electron chi connectivity index (χ0n) is 14.9. The van der Waals surface area contributed by atoms with Crippen LogP contribution >= 0.6 is 0 Å². The molecule has 0 unspecified atom stereocenters. The van der Waals surface area contributed by atoms with Gasteiger partial charge in [0.1, 0.15) is 5.52 Å². The zero-order valence-corrected chi connectivity index (χ0v) is 14.9. The lowest BCUT2D eigenvalue weighted by Gasteiger charge is -2.12. The van der Waals surface area contributed by atoms with Gasteiger partial charge in [-0.15, -0.1) is 0 Å². The topological polar surface area (TPSA) is 90.9 Å². The summed E-state index contributed by atoms with van der Waals surface area (Å²) < 4.78 is 0. The minimum Gasteiger partial charge on any atom is -0.478 e. The summed E-state index contributed by atoms with van der Waals surface area (Å²) in [6, 6.07) is 14.7. The molecular weight excluding hydrogens is 340 g/mol. The van der Waals surface area contributed by atoms with E-state index in [1.165, 1.54) is 0 Å². The molecule has 0 fully saturated rings. The third-order valence-corrected chi connectivity index (χ3v) is 4.44. The minimum absolute atomic E-state index is 0.232. The highest BCUT2D eigenvalue weighted by atomic mass is 16.4. The number of aromatic carboxylic acids is 1. The zero-order chi connectivity index (χ0) is 19.0. The molecule has 2 aromatic carbocycles. The molecule has 2 heterocycles. The molecule has 0 spiro atoms. The standard InChI is InChI=1S/C21H18N4O2/c1-12-3-4-13(2)17(11-12)24-20-18-16(9-10-22-18)23-19(25-20)14-5-7-15(8-6-14)21(26)27/h3-11,22H,1-2H3,(H,26,27)(H,23,24,25). The first-order valence-electron chi connectivity index (χ1n) is 8.54. The average Bonchev–Trinajstić information content (AvgIpc) is 3.13. The number of hydrogen-bond acceptors (Lipinski definition) is 4. The van der Waals surface area contributed by atoms with Crippen LogP contribution in [0.15, 0.2) is 54.7 Å². The molecule has 0 bridgehead atoms. The fourth-order valence-electron chi connectivity index (χ4n) is 2.92. The predicted molar refractivity (Wildman–Crippen MR) is 105 cm³/mol. The summed E-state index contributed by atoms with van der Waals surface area (Å²) in [5.41, 5.74) is 5.85. The summed E-state index contributed by atoms with van der Waals surface area (Å²) >= 11 is 0. The molecule has 0 aliphatic rings. The molecule has 27 heavy (non-hydrogen) atoms. The quantitative estimate of drug-likeness (QED) is 0.492. The van der Waals surface area contributed by atoms with Crippen LogP contribution in [0.3, 0.4) is 0 Å². The Hall–Kier alpha value is -3.67. The highest BCUT2D eigenvalue weighted by Crippen LogP contribution is 2.28. The second kappa shape index (κ2) is 6.57. The van der Waals surface area contributed by atoms with Crippen molar-refractivity contribution in [2.75, 3.05) is 5.32 Å². The van der Waals surface area contributed by atoms with Gasteiger partial charge >= 0.3 is 5.97 Å². The van der Waals surface area contributed by atoms with Crippen LogP contribution in [0.2, 0.25) is 0 Å². The van der Waals surface area contributed by atoms with Crippen LogP contribution in [-0.2, 0) is 0 Å². The first-order chi connectivity index (χ1) is 13.0. The van der Waals surface area contributed by atoms with Crippen molar-refractivity contribution in [3.63, 3.8) is 0 Å². The number of carboxylic acid groups (broad SMARTS) is 1. The van der Waals surface area contributed by atoms with Gasteiger partial charge in [0.2, 0.25) is 0 Å². The molecule has 0 atom stereocenters. The Balaban J connectivity index is 1.80. The number of rotatable bonds is 4. The van der Waals surface area contributed by atoms with Crippen LogP contribution in [0, 0.1) is 13.8 Å². The van der Waals surface area contributed by atoms with E-state index >= 15 is 0 Å². The number of nitrogens with zero attached hydrogens (tertiary/aromatic N) is 2. The number of benzene rings is 2. The molecule has 134 valence electrons. The van der Waals surface area contributed by atoms with E-state index in [4.69, 9.17) is 5.11 Å². The number of H-pyrrole nitrogens is 1. The van der Waals surface area contributed by atoms with Gasteiger partial charge in [-0.1, -0.05) is 24.3 Å². The van der Waals surface area contributed by atoms with Crippen LogP contribution in [0.5, 0.6) is 0 Å². The van der Waals surface area contributed by atoms with E-state index in [0.717, 1.165) is 33.4 Å². The van der Waals surface area contributed by atoms with Crippen molar-refractivity contribution in [2.24, 2.45) is 0 Å². The van der Waals surface area contributed by atoms with Crippen LogP contribution in [0.4, 0.5) is 11.5 Å². The van der Waals surface area contributed by atoms with E-state index < -0.39 is 5.97 Å². The van der Waals surface area contributed by atoms with Crippen molar-refractivity contribution in [2.45, 2.75) is 13.8 Å². The van der Waals surface area contributed by atoms with Crippen LogP contribution in [0.1, 0.15) is 21.5 Å². The van der Waals surface area contributed by atoms with E-state index in [2.05, 4.69) is 38.5 Å². The minimum atomic E-state index is -0.958. The van der Waals surface area contributed by atoms with Gasteiger partial charge in [-0.05, 0) is 49.2 Å². The van der Waals surface area contributed by atoms with Crippen molar-refractivity contribution < 1.29 is 9.90 Å². The van der Waals surface area contributed by atoms with E-state index in [9.17, 15) is 4.79 Å². The molecule has 0 saturated heterocycles. The maximum Gasteiger partial charge on any atom is 0.335 e. The number of nitrogens with one attached hydrogen (secondary N) is 2. The average molecular weight is 358 g/mol. The first kappa shape index (κ1) is 16.8. The van der Waals surface area contributed by atoms with Crippen LogP contribution in [0.25, 0.3) is 22.4 Å². The lowest BCUT2D eigenvalue weighted by molar-refractivity contribution is 0.0697. The fourth-order valence-corrected chi connectivity index (χ4v) is 2.92. The van der Waals surface area contributed by atoms with Gasteiger partial charge in [0.05, 0.1) is 11.1 Å². The van der Waals surface area contributed by atoms with Crippen molar-refractivity contribution in [1.82, 2.24) is 15.0 Å². The molecule has 6 heteroatoms. The molecule has 3 N–H and O–H groups in total. The number of carboxylic acids is 1. The third-order valence-electron chi connectivity index (χ3n) is 4.44.